The van der Waals surface area contributed by atoms with E-state index < -0.39 is 0 Å². The molecule has 1 aromatic carbocycles. The molecule has 4 rings (SSSR count). The van der Waals surface area contributed by atoms with Gasteiger partial charge in [0, 0.05) is 12.8 Å². The average molecular weight is 354 g/mol. The van der Waals surface area contributed by atoms with Crippen LogP contribution < -0.4 is 10.9 Å². The Hall–Kier alpha value is -2.37. The van der Waals surface area contributed by atoms with Gasteiger partial charge in [0.25, 0.3) is 5.91 Å². The SMILES string of the molecule is CCc1nc2ccccc2n1CC(=O)NNC(=O)C[C@@H]1C[C@H]2CC[C@@H]1C2. The van der Waals surface area contributed by atoms with Gasteiger partial charge in [-0.3, -0.25) is 20.4 Å². The first-order chi connectivity index (χ1) is 12.6. The minimum atomic E-state index is -0.232. The molecule has 0 aliphatic heterocycles. The van der Waals surface area contributed by atoms with Crippen LogP contribution in [0.3, 0.4) is 0 Å². The van der Waals surface area contributed by atoms with E-state index in [0.29, 0.717) is 18.3 Å². The van der Waals surface area contributed by atoms with E-state index in [1.165, 1.54) is 25.7 Å². The van der Waals surface area contributed by atoms with Gasteiger partial charge in [-0.25, -0.2) is 4.98 Å². The van der Waals surface area contributed by atoms with Gasteiger partial charge in [-0.05, 0) is 49.1 Å². The number of nitrogens with zero attached hydrogens (tertiary/aromatic N) is 2. The molecule has 2 N–H and O–H groups in total. The molecule has 2 amide bonds. The largest absolute Gasteiger partial charge is 0.318 e. The number of rotatable bonds is 5. The Morgan fingerprint density at radius 2 is 1.96 bits per heavy atom. The Balaban J connectivity index is 1.32. The van der Waals surface area contributed by atoms with Crippen molar-refractivity contribution in [2.75, 3.05) is 0 Å². The van der Waals surface area contributed by atoms with Crippen LogP contribution in [-0.4, -0.2) is 21.4 Å². The second kappa shape index (κ2) is 7.09. The molecule has 2 aliphatic rings. The highest BCUT2D eigenvalue weighted by atomic mass is 16.2. The van der Waals surface area contributed by atoms with Crippen molar-refractivity contribution in [3.63, 3.8) is 0 Å². The fourth-order valence-electron chi connectivity index (χ4n) is 4.81. The number of fused-ring (bicyclic) bond motifs is 3. The number of para-hydroxylation sites is 2. The Morgan fingerprint density at radius 3 is 2.69 bits per heavy atom. The van der Waals surface area contributed by atoms with E-state index in [0.717, 1.165) is 29.2 Å². The number of nitrogens with one attached hydrogen (secondary N) is 2. The average Bonchev–Trinajstić information content (AvgIpc) is 3.34. The van der Waals surface area contributed by atoms with Crippen LogP contribution in [0.15, 0.2) is 24.3 Å². The van der Waals surface area contributed by atoms with E-state index in [-0.39, 0.29) is 18.4 Å². The number of hydrogen-bond acceptors (Lipinski definition) is 3. The van der Waals surface area contributed by atoms with Gasteiger partial charge in [0.05, 0.1) is 11.0 Å². The van der Waals surface area contributed by atoms with Crippen molar-refractivity contribution in [1.29, 1.82) is 0 Å². The molecule has 26 heavy (non-hydrogen) atoms. The van der Waals surface area contributed by atoms with Crippen LogP contribution in [0.4, 0.5) is 0 Å². The summed E-state index contributed by atoms with van der Waals surface area (Å²) in [4.78, 5) is 29.1. The summed E-state index contributed by atoms with van der Waals surface area (Å²) in [6.07, 6.45) is 6.33. The Morgan fingerprint density at radius 1 is 1.15 bits per heavy atom. The highest BCUT2D eigenvalue weighted by Gasteiger charge is 2.40. The smallest absolute Gasteiger partial charge is 0.258 e. The van der Waals surface area contributed by atoms with E-state index in [9.17, 15) is 9.59 Å². The molecule has 2 saturated carbocycles. The zero-order valence-electron chi connectivity index (χ0n) is 15.2. The number of hydrogen-bond donors (Lipinski definition) is 2. The first kappa shape index (κ1) is 17.1. The Labute approximate surface area is 153 Å². The number of aromatic nitrogens is 2. The molecule has 0 spiro atoms. The summed E-state index contributed by atoms with van der Waals surface area (Å²) >= 11 is 0. The second-order valence-corrected chi connectivity index (χ2v) is 7.69. The fraction of sp³-hybridized carbons (Fsp3) is 0.550. The topological polar surface area (TPSA) is 76.0 Å². The zero-order chi connectivity index (χ0) is 18.1. The summed E-state index contributed by atoms with van der Waals surface area (Å²) in [5.74, 6) is 2.59. The molecular weight excluding hydrogens is 328 g/mol. The van der Waals surface area contributed by atoms with Crippen molar-refractivity contribution < 1.29 is 9.59 Å². The monoisotopic (exact) mass is 354 g/mol. The van der Waals surface area contributed by atoms with Crippen LogP contribution in [0.1, 0.15) is 44.9 Å². The number of aryl methyl sites for hydroxylation is 1. The molecule has 6 heteroatoms. The van der Waals surface area contributed by atoms with Crippen LogP contribution in [0.5, 0.6) is 0 Å². The first-order valence-electron chi connectivity index (χ1n) is 9.66. The summed E-state index contributed by atoms with van der Waals surface area (Å²) in [5.41, 5.74) is 6.99. The highest BCUT2D eigenvalue weighted by molar-refractivity contribution is 5.84. The maximum Gasteiger partial charge on any atom is 0.258 e. The third kappa shape index (κ3) is 3.32. The normalized spacial score (nSPS) is 24.1. The number of benzene rings is 1. The van der Waals surface area contributed by atoms with Gasteiger partial charge in [0.15, 0.2) is 0 Å². The molecule has 0 radical (unpaired) electrons. The van der Waals surface area contributed by atoms with E-state index >= 15 is 0 Å². The molecule has 2 aliphatic carbocycles. The van der Waals surface area contributed by atoms with E-state index in [1.54, 1.807) is 0 Å². The lowest BCUT2D eigenvalue weighted by Crippen LogP contribution is -2.44. The minimum absolute atomic E-state index is 0.0814. The third-order valence-corrected chi connectivity index (χ3v) is 6.03. The maximum atomic E-state index is 12.3. The zero-order valence-corrected chi connectivity index (χ0v) is 15.2. The minimum Gasteiger partial charge on any atom is -0.318 e. The lowest BCUT2D eigenvalue weighted by atomic mass is 9.86. The van der Waals surface area contributed by atoms with Gasteiger partial charge >= 0.3 is 0 Å². The quantitative estimate of drug-likeness (QED) is 0.810. The number of imidazole rings is 1. The Bertz CT molecular complexity index is 828. The number of hydrazine groups is 1. The molecule has 2 aromatic rings. The molecule has 0 saturated heterocycles. The number of amides is 2. The van der Waals surface area contributed by atoms with Crippen LogP contribution in [-0.2, 0) is 22.6 Å². The molecule has 2 bridgehead atoms. The lowest BCUT2D eigenvalue weighted by molar-refractivity contribution is -0.129. The summed E-state index contributed by atoms with van der Waals surface area (Å²) in [7, 11) is 0. The molecule has 0 unspecified atom stereocenters. The van der Waals surface area contributed by atoms with E-state index in [4.69, 9.17) is 0 Å². The molecule has 6 nitrogen and oxygen atoms in total. The summed E-state index contributed by atoms with van der Waals surface area (Å²) in [5, 5.41) is 0. The summed E-state index contributed by atoms with van der Waals surface area (Å²) in [6, 6.07) is 7.78. The molecule has 3 atom stereocenters. The van der Waals surface area contributed by atoms with Gasteiger partial charge in [0.2, 0.25) is 5.91 Å². The summed E-state index contributed by atoms with van der Waals surface area (Å²) in [6.45, 7) is 2.17. The lowest BCUT2D eigenvalue weighted by Gasteiger charge is -2.21. The van der Waals surface area contributed by atoms with Gasteiger partial charge in [-0.2, -0.15) is 0 Å². The molecular formula is C20H26N4O2. The van der Waals surface area contributed by atoms with Gasteiger partial charge in [-0.1, -0.05) is 25.5 Å². The third-order valence-electron chi connectivity index (χ3n) is 6.03. The Kier molecular flexibility index (Phi) is 4.66. The predicted molar refractivity (Wildman–Crippen MR) is 99.0 cm³/mol. The van der Waals surface area contributed by atoms with Crippen molar-refractivity contribution in [2.45, 2.75) is 52.0 Å². The van der Waals surface area contributed by atoms with Gasteiger partial charge < -0.3 is 4.57 Å². The molecule has 1 aromatic heterocycles. The maximum absolute atomic E-state index is 12.3. The fourth-order valence-corrected chi connectivity index (χ4v) is 4.81. The summed E-state index contributed by atoms with van der Waals surface area (Å²) < 4.78 is 1.91. The highest BCUT2D eigenvalue weighted by Crippen LogP contribution is 2.49. The number of carbonyl (C=O) groups is 2. The van der Waals surface area contributed by atoms with Crippen LogP contribution in [0, 0.1) is 17.8 Å². The van der Waals surface area contributed by atoms with E-state index in [2.05, 4.69) is 15.8 Å². The van der Waals surface area contributed by atoms with Crippen molar-refractivity contribution >= 4 is 22.8 Å². The van der Waals surface area contributed by atoms with Gasteiger partial charge in [-0.15, -0.1) is 0 Å². The van der Waals surface area contributed by atoms with Crippen molar-refractivity contribution in [2.24, 2.45) is 17.8 Å². The molecule has 138 valence electrons. The first-order valence-corrected chi connectivity index (χ1v) is 9.66. The molecule has 2 fully saturated rings. The van der Waals surface area contributed by atoms with Crippen molar-refractivity contribution in [3.05, 3.63) is 30.1 Å². The number of carbonyl (C=O) groups excluding carboxylic acids is 2. The van der Waals surface area contributed by atoms with Crippen LogP contribution in [0.2, 0.25) is 0 Å². The predicted octanol–water partition coefficient (Wildman–Crippen LogP) is 2.57. The van der Waals surface area contributed by atoms with Crippen LogP contribution in [0.25, 0.3) is 11.0 Å². The van der Waals surface area contributed by atoms with Crippen molar-refractivity contribution in [3.8, 4) is 0 Å². The second-order valence-electron chi connectivity index (χ2n) is 7.69. The molecule has 1 heterocycles. The van der Waals surface area contributed by atoms with Crippen LogP contribution >= 0.6 is 0 Å². The van der Waals surface area contributed by atoms with Gasteiger partial charge in [0.1, 0.15) is 12.4 Å². The van der Waals surface area contributed by atoms with Crippen molar-refractivity contribution in [1.82, 2.24) is 20.4 Å². The van der Waals surface area contributed by atoms with E-state index in [1.807, 2.05) is 35.8 Å². The standard InChI is InChI=1S/C20H26N4O2/c1-2-18-21-16-5-3-4-6-17(16)24(18)12-20(26)23-22-19(25)11-15-10-13-7-8-14(15)9-13/h3-6,13-15H,2,7-12H2,1H3,(H,22,25)(H,23,26)/t13-,14+,15-/m0/s1.